The number of nitrogens with zero attached hydrogens (tertiary/aromatic N) is 4. The molecule has 32 heavy (non-hydrogen) atoms. The number of hydrogen-bond acceptors (Lipinski definition) is 5. The summed E-state index contributed by atoms with van der Waals surface area (Å²) in [6.07, 6.45) is 1.57. The van der Waals surface area contributed by atoms with Crippen molar-refractivity contribution < 1.29 is 4.79 Å². The second-order valence-electron chi connectivity index (χ2n) is 8.66. The highest BCUT2D eigenvalue weighted by Gasteiger charge is 2.33. The minimum atomic E-state index is 0.0806. The molecule has 0 amide bonds. The van der Waals surface area contributed by atoms with Gasteiger partial charge in [-0.25, -0.2) is 4.98 Å². The average molecular weight is 447 g/mol. The Morgan fingerprint density at radius 2 is 1.72 bits per heavy atom. The Kier molecular flexibility index (Phi) is 6.21. The number of Topliss-reactive ketones (excluding diaryl/α,β-unsaturated/α-hetero) is 1. The Bertz CT molecular complexity index is 1070. The Labute approximate surface area is 194 Å². The van der Waals surface area contributed by atoms with Crippen molar-refractivity contribution in [1.82, 2.24) is 14.8 Å². The Hall–Kier alpha value is -2.73. The number of carbonyl (C=O) groups is 1. The van der Waals surface area contributed by atoms with Crippen molar-refractivity contribution in [3.8, 4) is 0 Å². The molecule has 2 aliphatic heterocycles. The van der Waals surface area contributed by atoms with Crippen molar-refractivity contribution in [3.05, 3.63) is 94.8 Å². The van der Waals surface area contributed by atoms with Crippen molar-refractivity contribution >= 4 is 23.1 Å². The lowest BCUT2D eigenvalue weighted by Gasteiger charge is -2.43. The molecule has 0 bridgehead atoms. The number of hydrogen-bond donors (Lipinski definition) is 0. The molecule has 164 valence electrons. The monoisotopic (exact) mass is 446 g/mol. The van der Waals surface area contributed by atoms with Gasteiger partial charge in [-0.3, -0.25) is 14.6 Å². The quantitative estimate of drug-likeness (QED) is 0.435. The average Bonchev–Trinajstić information content (AvgIpc) is 2.96. The van der Waals surface area contributed by atoms with Crippen molar-refractivity contribution in [2.24, 2.45) is 0 Å². The van der Waals surface area contributed by atoms with Gasteiger partial charge in [-0.2, -0.15) is 0 Å². The lowest BCUT2D eigenvalue weighted by molar-refractivity contribution is 0.0912. The molecule has 3 aromatic rings. The van der Waals surface area contributed by atoms with Gasteiger partial charge in [0, 0.05) is 56.7 Å². The summed E-state index contributed by atoms with van der Waals surface area (Å²) in [5, 5.41) is 0.404. The van der Waals surface area contributed by atoms with Gasteiger partial charge in [0.05, 0.1) is 12.6 Å². The van der Waals surface area contributed by atoms with Crippen molar-refractivity contribution in [2.75, 3.05) is 37.6 Å². The van der Waals surface area contributed by atoms with Gasteiger partial charge in [0.1, 0.15) is 5.15 Å². The van der Waals surface area contributed by atoms with Crippen LogP contribution >= 0.6 is 11.6 Å². The molecule has 0 N–H and O–H groups in total. The molecule has 1 atom stereocenters. The number of anilines is 1. The summed E-state index contributed by atoms with van der Waals surface area (Å²) in [6.45, 7) is 5.98. The SMILES string of the molecule is O=C(CN1Cc2ccccc2N2CCN(Cc3ccccc3)CC2C1)c1ccc(Cl)nc1. The van der Waals surface area contributed by atoms with Crippen LogP contribution in [0.25, 0.3) is 0 Å². The molecule has 0 spiro atoms. The molecule has 5 rings (SSSR count). The molecular weight excluding hydrogens is 420 g/mol. The molecule has 2 aromatic carbocycles. The van der Waals surface area contributed by atoms with Gasteiger partial charge in [-0.1, -0.05) is 60.1 Å². The Morgan fingerprint density at radius 3 is 2.53 bits per heavy atom. The van der Waals surface area contributed by atoms with Gasteiger partial charge in [0.2, 0.25) is 0 Å². The number of rotatable bonds is 5. The molecule has 5 nitrogen and oxygen atoms in total. The van der Waals surface area contributed by atoms with E-state index in [0.717, 1.165) is 39.3 Å². The first kappa shape index (κ1) is 21.1. The van der Waals surface area contributed by atoms with Gasteiger partial charge in [-0.05, 0) is 29.3 Å². The number of ketones is 1. The fourth-order valence-electron chi connectivity index (χ4n) is 4.86. The highest BCUT2D eigenvalue weighted by Crippen LogP contribution is 2.30. The first-order valence-corrected chi connectivity index (χ1v) is 11.5. The Balaban J connectivity index is 1.35. The number of halogens is 1. The van der Waals surface area contributed by atoms with E-state index < -0.39 is 0 Å². The number of para-hydroxylation sites is 1. The normalized spacial score (nSPS) is 19.2. The van der Waals surface area contributed by atoms with Crippen LogP contribution in [0.3, 0.4) is 0 Å². The zero-order valence-corrected chi connectivity index (χ0v) is 18.8. The van der Waals surface area contributed by atoms with Crippen molar-refractivity contribution in [2.45, 2.75) is 19.1 Å². The highest BCUT2D eigenvalue weighted by molar-refractivity contribution is 6.29. The molecule has 3 heterocycles. The molecular formula is C26H27ClN4O. The summed E-state index contributed by atoms with van der Waals surface area (Å²) in [5.74, 6) is 0.0806. The number of carbonyl (C=O) groups excluding carboxylic acids is 1. The molecule has 2 aliphatic rings. The fourth-order valence-corrected chi connectivity index (χ4v) is 4.97. The lowest BCUT2D eigenvalue weighted by atomic mass is 10.1. The van der Waals surface area contributed by atoms with E-state index in [-0.39, 0.29) is 5.78 Å². The van der Waals surface area contributed by atoms with Crippen LogP contribution in [0.2, 0.25) is 5.15 Å². The van der Waals surface area contributed by atoms with E-state index >= 15 is 0 Å². The topological polar surface area (TPSA) is 39.7 Å². The summed E-state index contributed by atoms with van der Waals surface area (Å²) in [5.41, 5.74) is 4.55. The van der Waals surface area contributed by atoms with Crippen LogP contribution in [-0.2, 0) is 13.1 Å². The minimum Gasteiger partial charge on any atom is -0.364 e. The zero-order valence-electron chi connectivity index (χ0n) is 18.0. The standard InChI is InChI=1S/C26H27ClN4O/c27-26-11-10-21(14-28-26)25(32)19-30-16-22-8-4-5-9-24(22)31-13-12-29(17-23(31)18-30)15-20-6-2-1-3-7-20/h1-11,14,23H,12-13,15-19H2. The second-order valence-corrected chi connectivity index (χ2v) is 9.05. The van der Waals surface area contributed by atoms with Crippen LogP contribution in [0.15, 0.2) is 72.9 Å². The van der Waals surface area contributed by atoms with Gasteiger partial charge < -0.3 is 4.90 Å². The third kappa shape index (κ3) is 4.70. The molecule has 0 aliphatic carbocycles. The van der Waals surface area contributed by atoms with E-state index in [1.54, 1.807) is 18.3 Å². The number of piperazine rings is 1. The maximum atomic E-state index is 13.0. The molecule has 1 fully saturated rings. The third-order valence-corrected chi connectivity index (χ3v) is 6.62. The van der Waals surface area contributed by atoms with Crippen LogP contribution in [0, 0.1) is 0 Å². The number of aromatic nitrogens is 1. The van der Waals surface area contributed by atoms with Gasteiger partial charge >= 0.3 is 0 Å². The predicted molar refractivity (Wildman–Crippen MR) is 128 cm³/mol. The van der Waals surface area contributed by atoms with Crippen LogP contribution in [-0.4, -0.2) is 59.3 Å². The van der Waals surface area contributed by atoms with Crippen LogP contribution in [0.4, 0.5) is 5.69 Å². The van der Waals surface area contributed by atoms with E-state index in [1.165, 1.54) is 16.8 Å². The summed E-state index contributed by atoms with van der Waals surface area (Å²) >= 11 is 5.89. The van der Waals surface area contributed by atoms with Gasteiger partial charge in [0.15, 0.2) is 5.78 Å². The zero-order chi connectivity index (χ0) is 21.9. The first-order valence-electron chi connectivity index (χ1n) is 11.1. The summed E-state index contributed by atoms with van der Waals surface area (Å²) in [6, 6.07) is 23.1. The number of fused-ring (bicyclic) bond motifs is 3. The van der Waals surface area contributed by atoms with Crippen LogP contribution < -0.4 is 4.90 Å². The Morgan fingerprint density at radius 1 is 0.938 bits per heavy atom. The minimum absolute atomic E-state index is 0.0806. The fraction of sp³-hybridized carbons (Fsp3) is 0.308. The smallest absolute Gasteiger partial charge is 0.178 e. The van der Waals surface area contributed by atoms with E-state index in [0.29, 0.717) is 23.3 Å². The largest absolute Gasteiger partial charge is 0.364 e. The van der Waals surface area contributed by atoms with E-state index in [1.807, 2.05) is 0 Å². The predicted octanol–water partition coefficient (Wildman–Crippen LogP) is 4.12. The molecule has 1 saturated heterocycles. The second kappa shape index (κ2) is 9.41. The molecule has 0 radical (unpaired) electrons. The van der Waals surface area contributed by atoms with E-state index in [4.69, 9.17) is 11.6 Å². The van der Waals surface area contributed by atoms with Crippen LogP contribution in [0.1, 0.15) is 21.5 Å². The first-order chi connectivity index (χ1) is 15.7. The molecule has 1 aromatic heterocycles. The maximum Gasteiger partial charge on any atom is 0.178 e. The van der Waals surface area contributed by atoms with Crippen molar-refractivity contribution in [1.29, 1.82) is 0 Å². The number of benzene rings is 2. The number of pyridine rings is 1. The summed E-state index contributed by atoms with van der Waals surface area (Å²) in [7, 11) is 0. The molecule has 0 saturated carbocycles. The van der Waals surface area contributed by atoms with Crippen molar-refractivity contribution in [3.63, 3.8) is 0 Å². The van der Waals surface area contributed by atoms with Crippen LogP contribution in [0.5, 0.6) is 0 Å². The highest BCUT2D eigenvalue weighted by atomic mass is 35.5. The summed E-state index contributed by atoms with van der Waals surface area (Å²) < 4.78 is 0. The van der Waals surface area contributed by atoms with E-state index in [2.05, 4.69) is 74.3 Å². The third-order valence-electron chi connectivity index (χ3n) is 6.40. The molecule has 6 heteroatoms. The summed E-state index contributed by atoms with van der Waals surface area (Å²) in [4.78, 5) is 24.4. The maximum absolute atomic E-state index is 13.0. The van der Waals surface area contributed by atoms with Gasteiger partial charge in [0.25, 0.3) is 0 Å². The lowest BCUT2D eigenvalue weighted by Crippen LogP contribution is -2.56. The molecule has 1 unspecified atom stereocenters. The van der Waals surface area contributed by atoms with E-state index in [9.17, 15) is 4.79 Å². The van der Waals surface area contributed by atoms with Gasteiger partial charge in [-0.15, -0.1) is 0 Å².